The van der Waals surface area contributed by atoms with Crippen LogP contribution in [0, 0.1) is 11.8 Å². The van der Waals surface area contributed by atoms with E-state index in [1.54, 1.807) is 0 Å². The molecule has 0 bridgehead atoms. The molecule has 2 aromatic rings. The molecular formula is C17H23N5O5. The van der Waals surface area contributed by atoms with Gasteiger partial charge in [-0.25, -0.2) is 15.0 Å². The zero-order valence-corrected chi connectivity index (χ0v) is 14.9. The minimum absolute atomic E-state index is 0.140. The average molecular weight is 377 g/mol. The highest BCUT2D eigenvalue weighted by Crippen LogP contribution is 2.31. The first kappa shape index (κ1) is 19.5. The molecule has 10 heteroatoms. The largest absolute Gasteiger partial charge is 0.394 e. The fraction of sp³-hybridized carbons (Fsp3) is 0.588. The third-order valence-corrected chi connectivity index (χ3v) is 4.26. The SMILES string of the molecule is CCCCOCC#Cc1nc(N)c2ncn([C@@H]3O[C@H](CO)[C@@H](O)[C@H]3O)c2n1. The fourth-order valence-corrected chi connectivity index (χ4v) is 2.78. The van der Waals surface area contributed by atoms with E-state index >= 15 is 0 Å². The van der Waals surface area contributed by atoms with Gasteiger partial charge in [0, 0.05) is 6.61 Å². The van der Waals surface area contributed by atoms with E-state index in [2.05, 4.69) is 33.7 Å². The number of hydrogen-bond acceptors (Lipinski definition) is 9. The van der Waals surface area contributed by atoms with Crippen molar-refractivity contribution in [3.63, 3.8) is 0 Å². The third-order valence-electron chi connectivity index (χ3n) is 4.26. The summed E-state index contributed by atoms with van der Waals surface area (Å²) >= 11 is 0. The first-order valence-electron chi connectivity index (χ1n) is 8.76. The molecule has 0 spiro atoms. The number of aromatic nitrogens is 4. The summed E-state index contributed by atoms with van der Waals surface area (Å²) in [6.07, 6.45) is -0.930. The van der Waals surface area contributed by atoms with Gasteiger partial charge in [0.25, 0.3) is 0 Å². The second-order valence-electron chi connectivity index (χ2n) is 6.19. The fourth-order valence-electron chi connectivity index (χ4n) is 2.78. The monoisotopic (exact) mass is 377 g/mol. The van der Waals surface area contributed by atoms with Crippen molar-refractivity contribution in [2.45, 2.75) is 44.3 Å². The van der Waals surface area contributed by atoms with Crippen molar-refractivity contribution >= 4 is 17.0 Å². The molecule has 27 heavy (non-hydrogen) atoms. The lowest BCUT2D eigenvalue weighted by Gasteiger charge is -2.16. The van der Waals surface area contributed by atoms with Crippen molar-refractivity contribution in [3.8, 4) is 11.8 Å². The van der Waals surface area contributed by atoms with E-state index < -0.39 is 31.1 Å². The summed E-state index contributed by atoms with van der Waals surface area (Å²) in [6, 6.07) is 0. The Kier molecular flexibility index (Phi) is 6.20. The van der Waals surface area contributed by atoms with Crippen LogP contribution in [0.15, 0.2) is 6.33 Å². The Bertz CT molecular complexity index is 845. The number of aliphatic hydroxyl groups excluding tert-OH is 3. The summed E-state index contributed by atoms with van der Waals surface area (Å²) in [6.45, 7) is 2.56. The summed E-state index contributed by atoms with van der Waals surface area (Å²) in [4.78, 5) is 12.6. The Morgan fingerprint density at radius 3 is 2.85 bits per heavy atom. The molecule has 0 radical (unpaired) electrons. The number of hydrogen-bond donors (Lipinski definition) is 4. The molecule has 1 aliphatic heterocycles. The van der Waals surface area contributed by atoms with E-state index in [4.69, 9.17) is 15.2 Å². The number of rotatable bonds is 6. The maximum absolute atomic E-state index is 10.2. The molecule has 0 saturated carbocycles. The zero-order chi connectivity index (χ0) is 19.4. The van der Waals surface area contributed by atoms with Gasteiger partial charge in [0.05, 0.1) is 12.9 Å². The normalized spacial score (nSPS) is 24.9. The Morgan fingerprint density at radius 2 is 2.15 bits per heavy atom. The van der Waals surface area contributed by atoms with Crippen LogP contribution in [0.4, 0.5) is 5.82 Å². The molecule has 10 nitrogen and oxygen atoms in total. The van der Waals surface area contributed by atoms with Crippen LogP contribution in [-0.4, -0.2) is 73.0 Å². The van der Waals surface area contributed by atoms with E-state index in [9.17, 15) is 15.3 Å². The highest BCUT2D eigenvalue weighted by atomic mass is 16.6. The van der Waals surface area contributed by atoms with Crippen molar-refractivity contribution < 1.29 is 24.8 Å². The molecule has 3 heterocycles. The summed E-state index contributed by atoms with van der Waals surface area (Å²) in [5.41, 5.74) is 6.58. The molecule has 5 N–H and O–H groups in total. The van der Waals surface area contributed by atoms with Gasteiger partial charge in [-0.05, 0) is 12.3 Å². The summed E-state index contributed by atoms with van der Waals surface area (Å²) < 4.78 is 12.3. The van der Waals surface area contributed by atoms with Crippen molar-refractivity contribution in [2.24, 2.45) is 0 Å². The van der Waals surface area contributed by atoms with Gasteiger partial charge in [-0.1, -0.05) is 19.3 Å². The Balaban J connectivity index is 1.84. The molecule has 1 aliphatic rings. The third kappa shape index (κ3) is 4.02. The van der Waals surface area contributed by atoms with E-state index in [-0.39, 0.29) is 18.2 Å². The van der Waals surface area contributed by atoms with Gasteiger partial charge < -0.3 is 30.5 Å². The number of unbranched alkanes of at least 4 members (excludes halogenated alkanes) is 1. The molecule has 2 aromatic heterocycles. The number of fused-ring (bicyclic) bond motifs is 1. The van der Waals surface area contributed by atoms with Crippen LogP contribution in [0.2, 0.25) is 0 Å². The van der Waals surface area contributed by atoms with Gasteiger partial charge in [-0.15, -0.1) is 0 Å². The number of nitrogens with zero attached hydrogens (tertiary/aromatic N) is 4. The Morgan fingerprint density at radius 1 is 1.33 bits per heavy atom. The minimum Gasteiger partial charge on any atom is -0.394 e. The van der Waals surface area contributed by atoms with Crippen LogP contribution in [-0.2, 0) is 9.47 Å². The van der Waals surface area contributed by atoms with E-state index in [1.165, 1.54) is 10.9 Å². The van der Waals surface area contributed by atoms with E-state index in [0.717, 1.165) is 12.8 Å². The van der Waals surface area contributed by atoms with Crippen LogP contribution in [0.25, 0.3) is 11.2 Å². The molecule has 0 amide bonds. The van der Waals surface area contributed by atoms with Crippen LogP contribution in [0.3, 0.4) is 0 Å². The number of nitrogens with two attached hydrogens (primary N) is 1. The first-order valence-corrected chi connectivity index (χ1v) is 8.76. The van der Waals surface area contributed by atoms with Crippen LogP contribution < -0.4 is 5.73 Å². The van der Waals surface area contributed by atoms with Crippen LogP contribution in [0.1, 0.15) is 31.8 Å². The van der Waals surface area contributed by atoms with Crippen molar-refractivity contribution in [1.82, 2.24) is 19.5 Å². The first-order chi connectivity index (χ1) is 13.1. The molecule has 0 aromatic carbocycles. The van der Waals surface area contributed by atoms with Gasteiger partial charge in [-0.3, -0.25) is 4.57 Å². The standard InChI is InChI=1S/C17H23N5O5/c1-2-3-6-26-7-4-5-11-20-15(18)12-16(21-11)22(9-19-12)17-14(25)13(24)10(8-23)27-17/h9-10,13-14,17,23-25H,2-3,6-8H2,1H3,(H2,18,20,21)/t10-,13-,14-,17-/m1/s1. The predicted octanol–water partition coefficient (Wildman–Crippen LogP) is -0.812. The number of ether oxygens (including phenoxy) is 2. The van der Waals surface area contributed by atoms with E-state index in [0.29, 0.717) is 17.8 Å². The van der Waals surface area contributed by atoms with Gasteiger partial charge in [0.15, 0.2) is 17.7 Å². The molecular weight excluding hydrogens is 354 g/mol. The van der Waals surface area contributed by atoms with Crippen molar-refractivity contribution in [3.05, 3.63) is 12.2 Å². The Labute approximate surface area is 156 Å². The smallest absolute Gasteiger partial charge is 0.209 e. The van der Waals surface area contributed by atoms with Crippen molar-refractivity contribution in [1.29, 1.82) is 0 Å². The molecule has 1 saturated heterocycles. The molecule has 146 valence electrons. The predicted molar refractivity (Wildman–Crippen MR) is 95.3 cm³/mol. The van der Waals surface area contributed by atoms with Crippen LogP contribution >= 0.6 is 0 Å². The van der Waals surface area contributed by atoms with Gasteiger partial charge >= 0.3 is 0 Å². The second-order valence-corrected chi connectivity index (χ2v) is 6.19. The van der Waals surface area contributed by atoms with Crippen molar-refractivity contribution in [2.75, 3.05) is 25.6 Å². The summed E-state index contributed by atoms with van der Waals surface area (Å²) in [7, 11) is 0. The number of aliphatic hydroxyl groups is 3. The molecule has 3 rings (SSSR count). The topological polar surface area (TPSA) is 149 Å². The maximum atomic E-state index is 10.2. The quantitative estimate of drug-likeness (QED) is 0.374. The lowest BCUT2D eigenvalue weighted by atomic mass is 10.1. The summed E-state index contributed by atoms with van der Waals surface area (Å²) in [5.74, 6) is 5.95. The maximum Gasteiger partial charge on any atom is 0.209 e. The lowest BCUT2D eigenvalue weighted by molar-refractivity contribution is -0.0511. The summed E-state index contributed by atoms with van der Waals surface area (Å²) in [5, 5.41) is 29.4. The van der Waals surface area contributed by atoms with Gasteiger partial charge in [0.1, 0.15) is 30.4 Å². The molecule has 1 fully saturated rings. The highest BCUT2D eigenvalue weighted by molar-refractivity contribution is 5.82. The van der Waals surface area contributed by atoms with Gasteiger partial charge in [-0.2, -0.15) is 0 Å². The minimum atomic E-state index is -1.25. The van der Waals surface area contributed by atoms with E-state index in [1.807, 2.05) is 0 Å². The van der Waals surface area contributed by atoms with Gasteiger partial charge in [0.2, 0.25) is 5.82 Å². The number of imidazole rings is 1. The highest BCUT2D eigenvalue weighted by Gasteiger charge is 2.44. The second kappa shape index (κ2) is 8.60. The number of anilines is 1. The lowest BCUT2D eigenvalue weighted by Crippen LogP contribution is -2.33. The zero-order valence-electron chi connectivity index (χ0n) is 14.9. The average Bonchev–Trinajstić information content (AvgIpc) is 3.20. The molecule has 0 aliphatic carbocycles. The number of nitrogen functional groups attached to an aromatic ring is 1. The van der Waals surface area contributed by atoms with Crippen LogP contribution in [0.5, 0.6) is 0 Å². The Hall–Kier alpha value is -2.29. The molecule has 4 atom stereocenters. The molecule has 0 unspecified atom stereocenters.